The fourth-order valence-electron chi connectivity index (χ4n) is 4.34. The summed E-state index contributed by atoms with van der Waals surface area (Å²) in [5, 5.41) is 3.34. The van der Waals surface area contributed by atoms with Crippen LogP contribution in [0.1, 0.15) is 48.9 Å². The van der Waals surface area contributed by atoms with Gasteiger partial charge in [0.05, 0.1) is 10.6 Å². The topological polar surface area (TPSA) is 86.8 Å². The Morgan fingerprint density at radius 1 is 0.925 bits per heavy atom. The highest BCUT2D eigenvalue weighted by molar-refractivity contribution is 7.92. The predicted molar refractivity (Wildman–Crippen MR) is 161 cm³/mol. The van der Waals surface area contributed by atoms with Gasteiger partial charge in [0.1, 0.15) is 12.6 Å². The number of anilines is 1. The Balaban J connectivity index is 2.09. The predicted octanol–water partition coefficient (Wildman–Crippen LogP) is 5.79. The molecule has 214 valence electrons. The highest BCUT2D eigenvalue weighted by Gasteiger charge is 2.34. The van der Waals surface area contributed by atoms with Crippen LogP contribution in [0.4, 0.5) is 5.69 Å². The van der Waals surface area contributed by atoms with Gasteiger partial charge in [-0.05, 0) is 80.6 Å². The molecular weight excluding hydrogens is 546 g/mol. The van der Waals surface area contributed by atoms with Crippen molar-refractivity contribution in [3.8, 4) is 0 Å². The van der Waals surface area contributed by atoms with Gasteiger partial charge in [-0.3, -0.25) is 13.9 Å². The smallest absolute Gasteiger partial charge is 0.264 e. The molecule has 0 spiro atoms. The molecule has 0 radical (unpaired) electrons. The van der Waals surface area contributed by atoms with Crippen LogP contribution in [0.25, 0.3) is 0 Å². The van der Waals surface area contributed by atoms with E-state index in [1.54, 1.807) is 42.5 Å². The molecule has 3 rings (SSSR count). The number of amides is 2. The molecule has 0 unspecified atom stereocenters. The van der Waals surface area contributed by atoms with Crippen LogP contribution in [0.5, 0.6) is 0 Å². The van der Waals surface area contributed by atoms with Crippen molar-refractivity contribution in [2.24, 2.45) is 0 Å². The Hall–Kier alpha value is -3.36. The Bertz CT molecular complexity index is 1440. The molecule has 1 atom stereocenters. The Morgan fingerprint density at radius 2 is 1.60 bits per heavy atom. The number of halogens is 1. The van der Waals surface area contributed by atoms with Crippen molar-refractivity contribution in [3.05, 3.63) is 94.0 Å². The molecular formula is C31H38ClN3O4S. The summed E-state index contributed by atoms with van der Waals surface area (Å²) >= 11 is 6.44. The number of sulfonamides is 1. The van der Waals surface area contributed by atoms with Crippen LogP contribution in [0, 0.1) is 20.8 Å². The number of hydrogen-bond donors (Lipinski definition) is 1. The molecule has 1 N–H and O–H groups in total. The normalized spacial score (nSPS) is 12.1. The van der Waals surface area contributed by atoms with E-state index in [9.17, 15) is 18.0 Å². The lowest BCUT2D eigenvalue weighted by molar-refractivity contribution is -0.140. The van der Waals surface area contributed by atoms with Gasteiger partial charge in [-0.2, -0.15) is 0 Å². The van der Waals surface area contributed by atoms with Gasteiger partial charge in [0.25, 0.3) is 10.0 Å². The molecule has 2 amide bonds. The molecule has 0 aliphatic rings. The van der Waals surface area contributed by atoms with E-state index in [1.165, 1.54) is 17.0 Å². The van der Waals surface area contributed by atoms with Crippen LogP contribution in [0.2, 0.25) is 5.02 Å². The molecule has 0 aliphatic heterocycles. The minimum Gasteiger partial charge on any atom is -0.354 e. The summed E-state index contributed by atoms with van der Waals surface area (Å²) in [4.78, 5) is 28.8. The third-order valence-corrected chi connectivity index (χ3v) is 9.06. The van der Waals surface area contributed by atoms with E-state index in [0.29, 0.717) is 29.2 Å². The molecule has 0 aromatic heterocycles. The van der Waals surface area contributed by atoms with Crippen molar-refractivity contribution in [3.63, 3.8) is 0 Å². The van der Waals surface area contributed by atoms with Crippen molar-refractivity contribution in [1.29, 1.82) is 0 Å². The quantitative estimate of drug-likeness (QED) is 0.292. The molecule has 0 heterocycles. The maximum atomic E-state index is 14.1. The van der Waals surface area contributed by atoms with Crippen LogP contribution >= 0.6 is 11.6 Å². The first-order valence-electron chi connectivity index (χ1n) is 13.5. The third-order valence-electron chi connectivity index (χ3n) is 6.90. The van der Waals surface area contributed by atoms with Gasteiger partial charge in [-0.25, -0.2) is 8.42 Å². The highest BCUT2D eigenvalue weighted by Crippen LogP contribution is 2.27. The first-order valence-corrected chi connectivity index (χ1v) is 15.3. The monoisotopic (exact) mass is 583 g/mol. The van der Waals surface area contributed by atoms with Gasteiger partial charge in [-0.15, -0.1) is 0 Å². The second-order valence-corrected chi connectivity index (χ2v) is 12.2. The number of benzene rings is 3. The second kappa shape index (κ2) is 13.8. The number of carbonyl (C=O) groups is 2. The Morgan fingerprint density at radius 3 is 2.20 bits per heavy atom. The Labute approximate surface area is 243 Å². The van der Waals surface area contributed by atoms with Crippen molar-refractivity contribution in [2.45, 2.75) is 64.9 Å². The Kier molecular flexibility index (Phi) is 10.8. The number of aryl methyl sites for hydroxylation is 3. The fraction of sp³-hybridized carbons (Fsp3) is 0.355. The van der Waals surface area contributed by atoms with Crippen LogP contribution in [0.15, 0.2) is 71.6 Å². The van der Waals surface area contributed by atoms with Gasteiger partial charge in [0.2, 0.25) is 11.8 Å². The summed E-state index contributed by atoms with van der Waals surface area (Å²) in [5.41, 5.74) is 3.85. The van der Waals surface area contributed by atoms with Crippen LogP contribution in [0.3, 0.4) is 0 Å². The fourth-order valence-corrected chi connectivity index (χ4v) is 5.94. The first-order chi connectivity index (χ1) is 19.0. The number of nitrogens with one attached hydrogen (secondary N) is 1. The third kappa shape index (κ3) is 7.43. The van der Waals surface area contributed by atoms with Crippen molar-refractivity contribution in [2.75, 3.05) is 17.4 Å². The number of carbonyl (C=O) groups excluding carboxylic acids is 2. The highest BCUT2D eigenvalue weighted by atomic mass is 35.5. The van der Waals surface area contributed by atoms with E-state index in [-0.39, 0.29) is 17.3 Å². The summed E-state index contributed by atoms with van der Waals surface area (Å²) in [6, 6.07) is 18.1. The van der Waals surface area contributed by atoms with E-state index >= 15 is 0 Å². The van der Waals surface area contributed by atoms with Gasteiger partial charge < -0.3 is 10.2 Å². The molecule has 7 nitrogen and oxygen atoms in total. The van der Waals surface area contributed by atoms with Crippen molar-refractivity contribution in [1.82, 2.24) is 10.2 Å². The summed E-state index contributed by atoms with van der Waals surface area (Å²) in [7, 11) is -4.12. The van der Waals surface area contributed by atoms with E-state index in [1.807, 2.05) is 46.8 Å². The second-order valence-electron chi connectivity index (χ2n) is 9.92. The summed E-state index contributed by atoms with van der Waals surface area (Å²) in [6.45, 7) is 9.53. The van der Waals surface area contributed by atoms with Gasteiger partial charge >= 0.3 is 0 Å². The maximum Gasteiger partial charge on any atom is 0.264 e. The maximum absolute atomic E-state index is 14.1. The lowest BCUT2D eigenvalue weighted by atomic mass is 10.1. The molecule has 3 aromatic rings. The van der Waals surface area contributed by atoms with E-state index in [2.05, 4.69) is 5.32 Å². The average molecular weight is 584 g/mol. The average Bonchev–Trinajstić information content (AvgIpc) is 2.93. The zero-order chi connectivity index (χ0) is 29.4. The standard InChI is InChI=1S/C31H38ClN3O4S/c1-6-18-33-31(37)29(7-2)34(20-25-10-8-9-11-28(25)32)30(36)21-35(26-15-14-23(4)24(5)19-26)40(38,39)27-16-12-22(3)13-17-27/h8-17,19,29H,6-7,18,20-21H2,1-5H3,(H,33,37)/t29-/m1/s1. The van der Waals surface area contributed by atoms with Gasteiger partial charge in [-0.1, -0.05) is 67.4 Å². The number of nitrogens with zero attached hydrogens (tertiary/aromatic N) is 2. The number of rotatable bonds is 12. The molecule has 9 heteroatoms. The van der Waals surface area contributed by atoms with E-state index < -0.39 is 28.5 Å². The SMILES string of the molecule is CCCNC(=O)[C@@H](CC)N(Cc1ccccc1Cl)C(=O)CN(c1ccc(C)c(C)c1)S(=O)(=O)c1ccc(C)cc1. The van der Waals surface area contributed by atoms with Crippen LogP contribution in [-0.4, -0.2) is 44.3 Å². The zero-order valence-electron chi connectivity index (χ0n) is 23.8. The molecule has 40 heavy (non-hydrogen) atoms. The molecule has 3 aromatic carbocycles. The number of hydrogen-bond acceptors (Lipinski definition) is 4. The molecule has 0 aliphatic carbocycles. The minimum absolute atomic E-state index is 0.0574. The van der Waals surface area contributed by atoms with E-state index in [0.717, 1.165) is 27.4 Å². The lowest BCUT2D eigenvalue weighted by Gasteiger charge is -2.33. The molecule has 0 saturated heterocycles. The van der Waals surface area contributed by atoms with Gasteiger partial charge in [0.15, 0.2) is 0 Å². The lowest BCUT2D eigenvalue weighted by Crippen LogP contribution is -2.52. The zero-order valence-corrected chi connectivity index (χ0v) is 25.3. The first kappa shape index (κ1) is 31.2. The summed E-state index contributed by atoms with van der Waals surface area (Å²) in [5.74, 6) is -0.795. The van der Waals surface area contributed by atoms with Crippen LogP contribution < -0.4 is 9.62 Å². The molecule has 0 bridgehead atoms. The van der Waals surface area contributed by atoms with Crippen molar-refractivity contribution < 1.29 is 18.0 Å². The van der Waals surface area contributed by atoms with Gasteiger partial charge in [0, 0.05) is 18.1 Å². The minimum atomic E-state index is -4.12. The summed E-state index contributed by atoms with van der Waals surface area (Å²) < 4.78 is 29.1. The largest absolute Gasteiger partial charge is 0.354 e. The van der Waals surface area contributed by atoms with Crippen molar-refractivity contribution >= 4 is 39.1 Å². The van der Waals surface area contributed by atoms with E-state index in [4.69, 9.17) is 11.6 Å². The molecule has 0 saturated carbocycles. The molecule has 0 fully saturated rings. The van der Waals surface area contributed by atoms with Crippen LogP contribution in [-0.2, 0) is 26.2 Å². The summed E-state index contributed by atoms with van der Waals surface area (Å²) in [6.07, 6.45) is 1.09.